The van der Waals surface area contributed by atoms with E-state index in [4.69, 9.17) is 9.47 Å². The fraction of sp³-hybridized carbons (Fsp3) is 0.550. The van der Waals surface area contributed by atoms with Gasteiger partial charge in [-0.15, -0.1) is 0 Å². The molecule has 0 atom stereocenters. The second-order valence-electron chi connectivity index (χ2n) is 6.53. The monoisotopic (exact) mass is 390 g/mol. The van der Waals surface area contributed by atoms with Crippen molar-refractivity contribution in [3.63, 3.8) is 0 Å². The Labute approximate surface area is 166 Å². The molecule has 2 N–H and O–H groups in total. The molecule has 0 bridgehead atoms. The molecule has 1 aliphatic heterocycles. The van der Waals surface area contributed by atoms with Gasteiger partial charge >= 0.3 is 11.8 Å². The largest absolute Gasteiger partial charge is 0.494 e. The SMILES string of the molecule is CCCCOc1ccc(/C=N\NC(=O)C(=O)NCCCN2CCOCC2)cc1. The Bertz CT molecular complexity index is 628. The molecule has 0 spiro atoms. The fourth-order valence-electron chi connectivity index (χ4n) is 2.61. The summed E-state index contributed by atoms with van der Waals surface area (Å²) >= 11 is 0. The maximum atomic E-state index is 11.8. The van der Waals surface area contributed by atoms with Crippen LogP contribution in [0.3, 0.4) is 0 Å². The van der Waals surface area contributed by atoms with Crippen molar-refractivity contribution in [3.8, 4) is 5.75 Å². The topological polar surface area (TPSA) is 92.3 Å². The van der Waals surface area contributed by atoms with Crippen molar-refractivity contribution in [3.05, 3.63) is 29.8 Å². The molecule has 8 heteroatoms. The van der Waals surface area contributed by atoms with E-state index in [1.54, 1.807) is 0 Å². The Morgan fingerprint density at radius 3 is 2.64 bits per heavy atom. The summed E-state index contributed by atoms with van der Waals surface area (Å²) < 4.78 is 10.9. The summed E-state index contributed by atoms with van der Waals surface area (Å²) in [6.07, 6.45) is 4.38. The van der Waals surface area contributed by atoms with Gasteiger partial charge in [0.1, 0.15) is 5.75 Å². The Kier molecular flexibility index (Phi) is 10.0. The van der Waals surface area contributed by atoms with Crippen LogP contribution in [0.15, 0.2) is 29.4 Å². The van der Waals surface area contributed by atoms with Gasteiger partial charge in [0, 0.05) is 19.6 Å². The Balaban J connectivity index is 1.61. The first-order valence-electron chi connectivity index (χ1n) is 9.83. The number of rotatable bonds is 10. The van der Waals surface area contributed by atoms with Gasteiger partial charge in [-0.05, 0) is 49.2 Å². The lowest BCUT2D eigenvalue weighted by Crippen LogP contribution is -2.40. The second-order valence-corrected chi connectivity index (χ2v) is 6.53. The molecule has 0 aromatic heterocycles. The Hall–Kier alpha value is -2.45. The lowest BCUT2D eigenvalue weighted by molar-refractivity contribution is -0.139. The molecule has 0 saturated carbocycles. The quantitative estimate of drug-likeness (QED) is 0.271. The van der Waals surface area contributed by atoms with E-state index in [9.17, 15) is 9.59 Å². The highest BCUT2D eigenvalue weighted by molar-refractivity contribution is 6.35. The highest BCUT2D eigenvalue weighted by Gasteiger charge is 2.13. The van der Waals surface area contributed by atoms with Gasteiger partial charge in [0.15, 0.2) is 0 Å². The molecule has 1 aliphatic rings. The minimum Gasteiger partial charge on any atom is -0.494 e. The average Bonchev–Trinajstić information content (AvgIpc) is 2.73. The molecule has 0 aliphatic carbocycles. The van der Waals surface area contributed by atoms with Crippen LogP contribution in [-0.2, 0) is 14.3 Å². The molecule has 2 rings (SSSR count). The number of hydrazone groups is 1. The summed E-state index contributed by atoms with van der Waals surface area (Å²) in [7, 11) is 0. The van der Waals surface area contributed by atoms with E-state index in [-0.39, 0.29) is 0 Å². The van der Waals surface area contributed by atoms with E-state index in [0.29, 0.717) is 13.2 Å². The van der Waals surface area contributed by atoms with Gasteiger partial charge in [0.05, 0.1) is 26.0 Å². The van der Waals surface area contributed by atoms with Crippen LogP contribution in [0.4, 0.5) is 0 Å². The minimum atomic E-state index is -0.776. The van der Waals surface area contributed by atoms with Crippen LogP contribution < -0.4 is 15.5 Å². The molecule has 1 heterocycles. The number of benzene rings is 1. The highest BCUT2D eigenvalue weighted by atomic mass is 16.5. The molecule has 1 fully saturated rings. The van der Waals surface area contributed by atoms with Crippen LogP contribution in [0.1, 0.15) is 31.7 Å². The average molecular weight is 390 g/mol. The molecule has 154 valence electrons. The molecule has 0 unspecified atom stereocenters. The molecule has 1 aromatic rings. The molecular formula is C20H30N4O4. The maximum absolute atomic E-state index is 11.8. The van der Waals surface area contributed by atoms with Crippen molar-refractivity contribution in [1.82, 2.24) is 15.6 Å². The zero-order chi connectivity index (χ0) is 20.0. The number of morpholine rings is 1. The third kappa shape index (κ3) is 8.49. The van der Waals surface area contributed by atoms with Gasteiger partial charge in [-0.1, -0.05) is 13.3 Å². The zero-order valence-electron chi connectivity index (χ0n) is 16.5. The number of amides is 2. The van der Waals surface area contributed by atoms with Gasteiger partial charge in [-0.3, -0.25) is 14.5 Å². The zero-order valence-corrected chi connectivity index (χ0v) is 16.5. The van der Waals surface area contributed by atoms with Crippen LogP contribution in [0.2, 0.25) is 0 Å². The van der Waals surface area contributed by atoms with Crippen molar-refractivity contribution >= 4 is 18.0 Å². The lowest BCUT2D eigenvalue weighted by atomic mass is 10.2. The second kappa shape index (κ2) is 12.9. The number of carbonyl (C=O) groups is 2. The molecule has 1 saturated heterocycles. The summed E-state index contributed by atoms with van der Waals surface area (Å²) in [4.78, 5) is 25.8. The number of unbranched alkanes of at least 4 members (excludes halogenated alkanes) is 1. The predicted octanol–water partition coefficient (Wildman–Crippen LogP) is 1.15. The van der Waals surface area contributed by atoms with Crippen LogP contribution in [0, 0.1) is 0 Å². The molecule has 0 radical (unpaired) electrons. The van der Waals surface area contributed by atoms with Gasteiger partial charge in [-0.25, -0.2) is 5.43 Å². The van der Waals surface area contributed by atoms with Gasteiger partial charge in [-0.2, -0.15) is 5.10 Å². The highest BCUT2D eigenvalue weighted by Crippen LogP contribution is 2.11. The van der Waals surface area contributed by atoms with Gasteiger partial charge in [0.2, 0.25) is 0 Å². The first kappa shape index (κ1) is 21.8. The predicted molar refractivity (Wildman–Crippen MR) is 107 cm³/mol. The van der Waals surface area contributed by atoms with Crippen molar-refractivity contribution in [1.29, 1.82) is 0 Å². The summed E-state index contributed by atoms with van der Waals surface area (Å²) in [5.74, 6) is -0.660. The normalized spacial score (nSPS) is 14.8. The van der Waals surface area contributed by atoms with E-state index in [0.717, 1.165) is 63.4 Å². The standard InChI is InChI=1S/C20H30N4O4/c1-2-3-13-28-18-7-5-17(6-8-18)16-22-23-20(26)19(25)21-9-4-10-24-11-14-27-15-12-24/h5-8,16H,2-4,9-15H2,1H3,(H,21,25)(H,23,26)/b22-16-. The number of hydrogen-bond acceptors (Lipinski definition) is 6. The molecule has 28 heavy (non-hydrogen) atoms. The molecule has 1 aromatic carbocycles. The Morgan fingerprint density at radius 1 is 1.18 bits per heavy atom. The molecule has 2 amide bonds. The summed E-state index contributed by atoms with van der Waals surface area (Å²) in [5.41, 5.74) is 3.04. The number of ether oxygens (including phenoxy) is 2. The van der Waals surface area contributed by atoms with Gasteiger partial charge in [0.25, 0.3) is 0 Å². The molecule has 8 nitrogen and oxygen atoms in total. The van der Waals surface area contributed by atoms with Crippen LogP contribution in [0.5, 0.6) is 5.75 Å². The van der Waals surface area contributed by atoms with E-state index in [1.807, 2.05) is 24.3 Å². The number of nitrogens with zero attached hydrogens (tertiary/aromatic N) is 2. The van der Waals surface area contributed by atoms with Crippen molar-refractivity contribution in [2.45, 2.75) is 26.2 Å². The first-order chi connectivity index (χ1) is 13.7. The third-order valence-electron chi connectivity index (χ3n) is 4.27. The van der Waals surface area contributed by atoms with Gasteiger partial charge < -0.3 is 14.8 Å². The number of hydrogen-bond donors (Lipinski definition) is 2. The lowest BCUT2D eigenvalue weighted by Gasteiger charge is -2.26. The van der Waals surface area contributed by atoms with Crippen LogP contribution in [-0.4, -0.2) is 68.9 Å². The van der Waals surface area contributed by atoms with Crippen LogP contribution >= 0.6 is 0 Å². The van der Waals surface area contributed by atoms with E-state index in [1.165, 1.54) is 6.21 Å². The third-order valence-corrected chi connectivity index (χ3v) is 4.27. The van der Waals surface area contributed by atoms with E-state index >= 15 is 0 Å². The van der Waals surface area contributed by atoms with Crippen molar-refractivity contribution < 1.29 is 19.1 Å². The maximum Gasteiger partial charge on any atom is 0.329 e. The Morgan fingerprint density at radius 2 is 1.93 bits per heavy atom. The number of carbonyl (C=O) groups excluding carboxylic acids is 2. The van der Waals surface area contributed by atoms with Crippen molar-refractivity contribution in [2.75, 3.05) is 46.0 Å². The summed E-state index contributed by atoms with van der Waals surface area (Å²) in [6, 6.07) is 7.37. The van der Waals surface area contributed by atoms with Crippen LogP contribution in [0.25, 0.3) is 0 Å². The van der Waals surface area contributed by atoms with Crippen molar-refractivity contribution in [2.24, 2.45) is 5.10 Å². The summed E-state index contributed by atoms with van der Waals surface area (Å²) in [5, 5.41) is 6.42. The van der Waals surface area contributed by atoms with E-state index < -0.39 is 11.8 Å². The first-order valence-corrected chi connectivity index (χ1v) is 9.83. The number of nitrogens with one attached hydrogen (secondary N) is 2. The summed E-state index contributed by atoms with van der Waals surface area (Å²) in [6.45, 7) is 7.46. The fourth-order valence-corrected chi connectivity index (χ4v) is 2.61. The molecular weight excluding hydrogens is 360 g/mol. The smallest absolute Gasteiger partial charge is 0.329 e. The minimum absolute atomic E-state index is 0.451. The van der Waals surface area contributed by atoms with E-state index in [2.05, 4.69) is 27.7 Å².